The predicted octanol–water partition coefficient (Wildman–Crippen LogP) is 6.26. The van der Waals surface area contributed by atoms with E-state index in [9.17, 15) is 18.0 Å². The zero-order valence-corrected chi connectivity index (χ0v) is 26.8. The first-order valence-electron chi connectivity index (χ1n) is 13.9. The van der Waals surface area contributed by atoms with Crippen molar-refractivity contribution >= 4 is 50.7 Å². The van der Waals surface area contributed by atoms with Crippen LogP contribution in [0.5, 0.6) is 0 Å². The second-order valence-electron chi connectivity index (χ2n) is 10.8. The first-order chi connectivity index (χ1) is 19.9. The Morgan fingerprint density at radius 1 is 0.929 bits per heavy atom. The lowest BCUT2D eigenvalue weighted by Crippen LogP contribution is -2.51. The third-order valence-corrected chi connectivity index (χ3v) is 8.69. The van der Waals surface area contributed by atoms with Crippen molar-refractivity contribution in [3.8, 4) is 0 Å². The summed E-state index contributed by atoms with van der Waals surface area (Å²) >= 11 is 13.0. The molecule has 0 bridgehead atoms. The van der Waals surface area contributed by atoms with Crippen LogP contribution in [0, 0.1) is 12.8 Å². The standard InChI is InChI=1S/C32H39Cl2N3O4S/c1-23(2)21-35-32(39)30(20-25-12-6-5-7-13-25)36(22-27-28(33)15-9-16-29(27)34)31(38)17-10-18-37(42(4,40)41)26-14-8-11-24(3)19-26/h5-9,11-16,19,23,30H,10,17-18,20-22H2,1-4H3,(H,35,39)/t30-/m1/s1. The van der Waals surface area contributed by atoms with Gasteiger partial charge < -0.3 is 10.2 Å². The second kappa shape index (κ2) is 15.4. The van der Waals surface area contributed by atoms with Gasteiger partial charge in [-0.05, 0) is 54.7 Å². The van der Waals surface area contributed by atoms with E-state index < -0.39 is 16.1 Å². The maximum atomic E-state index is 14.0. The molecule has 0 radical (unpaired) electrons. The fourth-order valence-corrected chi connectivity index (χ4v) is 6.09. The first kappa shape index (κ1) is 33.4. The molecule has 7 nitrogen and oxygen atoms in total. The van der Waals surface area contributed by atoms with Crippen molar-refractivity contribution in [1.29, 1.82) is 0 Å². The third-order valence-electron chi connectivity index (χ3n) is 6.79. The third kappa shape index (κ3) is 9.75. The van der Waals surface area contributed by atoms with Crippen LogP contribution < -0.4 is 9.62 Å². The van der Waals surface area contributed by atoms with Gasteiger partial charge in [0, 0.05) is 48.1 Å². The minimum absolute atomic E-state index is 0.0165. The van der Waals surface area contributed by atoms with Crippen molar-refractivity contribution in [2.45, 2.75) is 52.6 Å². The topological polar surface area (TPSA) is 86.8 Å². The second-order valence-corrected chi connectivity index (χ2v) is 13.6. The predicted molar refractivity (Wildman–Crippen MR) is 171 cm³/mol. The van der Waals surface area contributed by atoms with Gasteiger partial charge in [-0.15, -0.1) is 0 Å². The van der Waals surface area contributed by atoms with E-state index >= 15 is 0 Å². The summed E-state index contributed by atoms with van der Waals surface area (Å²) in [6, 6.07) is 21.0. The Morgan fingerprint density at radius 3 is 2.17 bits per heavy atom. The molecule has 0 unspecified atom stereocenters. The van der Waals surface area contributed by atoms with Crippen molar-refractivity contribution in [2.24, 2.45) is 5.92 Å². The van der Waals surface area contributed by atoms with Gasteiger partial charge >= 0.3 is 0 Å². The summed E-state index contributed by atoms with van der Waals surface area (Å²) in [5, 5.41) is 3.77. The van der Waals surface area contributed by atoms with Crippen molar-refractivity contribution in [2.75, 3.05) is 23.7 Å². The number of rotatable bonds is 14. The number of anilines is 1. The highest BCUT2D eigenvalue weighted by Crippen LogP contribution is 2.28. The van der Waals surface area contributed by atoms with Gasteiger partial charge in [-0.3, -0.25) is 13.9 Å². The van der Waals surface area contributed by atoms with Crippen LogP contribution >= 0.6 is 23.2 Å². The van der Waals surface area contributed by atoms with Crippen LogP contribution in [-0.2, 0) is 32.6 Å². The summed E-state index contributed by atoms with van der Waals surface area (Å²) < 4.78 is 26.6. The summed E-state index contributed by atoms with van der Waals surface area (Å²) in [6.45, 7) is 6.48. The number of hydrogen-bond acceptors (Lipinski definition) is 4. The number of carbonyl (C=O) groups excluding carboxylic acids is 2. The number of nitrogens with one attached hydrogen (secondary N) is 1. The van der Waals surface area contributed by atoms with Crippen LogP contribution in [0.3, 0.4) is 0 Å². The number of nitrogens with zero attached hydrogens (tertiary/aromatic N) is 2. The summed E-state index contributed by atoms with van der Waals surface area (Å²) in [5.41, 5.74) is 2.91. The fourth-order valence-electron chi connectivity index (χ4n) is 4.62. The van der Waals surface area contributed by atoms with E-state index in [4.69, 9.17) is 23.2 Å². The molecule has 1 N–H and O–H groups in total. The average Bonchev–Trinajstić information content (AvgIpc) is 2.92. The van der Waals surface area contributed by atoms with Crippen molar-refractivity contribution in [3.63, 3.8) is 0 Å². The van der Waals surface area contributed by atoms with Crippen LogP contribution in [0.15, 0.2) is 72.8 Å². The minimum atomic E-state index is -3.59. The molecule has 2 amide bonds. The summed E-state index contributed by atoms with van der Waals surface area (Å²) in [7, 11) is -3.59. The number of aryl methyl sites for hydroxylation is 1. The van der Waals surface area contributed by atoms with Crippen molar-refractivity contribution in [3.05, 3.63) is 99.5 Å². The van der Waals surface area contributed by atoms with E-state index in [0.717, 1.165) is 17.4 Å². The molecule has 1 atom stereocenters. The zero-order valence-electron chi connectivity index (χ0n) is 24.5. The summed E-state index contributed by atoms with van der Waals surface area (Å²) in [5.74, 6) is -0.358. The first-order valence-corrected chi connectivity index (χ1v) is 16.6. The lowest BCUT2D eigenvalue weighted by Gasteiger charge is -2.32. The van der Waals surface area contributed by atoms with Gasteiger partial charge in [-0.2, -0.15) is 0 Å². The number of benzene rings is 3. The summed E-state index contributed by atoms with van der Waals surface area (Å²) in [6.07, 6.45) is 1.70. The molecular weight excluding hydrogens is 593 g/mol. The van der Waals surface area contributed by atoms with Crippen LogP contribution in [0.4, 0.5) is 5.69 Å². The molecule has 0 spiro atoms. The highest BCUT2D eigenvalue weighted by molar-refractivity contribution is 7.92. The number of carbonyl (C=O) groups is 2. The van der Waals surface area contributed by atoms with Crippen LogP contribution in [0.2, 0.25) is 10.0 Å². The van der Waals surface area contributed by atoms with E-state index in [1.54, 1.807) is 36.4 Å². The fraction of sp³-hybridized carbons (Fsp3) is 0.375. The number of hydrogen-bond donors (Lipinski definition) is 1. The lowest BCUT2D eigenvalue weighted by molar-refractivity contribution is -0.141. The molecule has 3 aromatic rings. The van der Waals surface area contributed by atoms with Gasteiger partial charge in [0.05, 0.1) is 11.9 Å². The average molecular weight is 633 g/mol. The molecule has 0 saturated carbocycles. The van der Waals surface area contributed by atoms with Crippen molar-refractivity contribution < 1.29 is 18.0 Å². The molecule has 3 aromatic carbocycles. The molecule has 3 rings (SSSR count). The molecule has 0 aliphatic heterocycles. The highest BCUT2D eigenvalue weighted by Gasteiger charge is 2.31. The Labute approximate surface area is 259 Å². The largest absolute Gasteiger partial charge is 0.354 e. The maximum absolute atomic E-state index is 14.0. The Morgan fingerprint density at radius 2 is 1.57 bits per heavy atom. The van der Waals surface area contributed by atoms with E-state index in [1.807, 2.05) is 57.2 Å². The SMILES string of the molecule is Cc1cccc(N(CCCC(=O)N(Cc2c(Cl)cccc2Cl)[C@H](Cc2ccccc2)C(=O)NCC(C)C)S(C)(=O)=O)c1. The molecule has 0 aliphatic rings. The summed E-state index contributed by atoms with van der Waals surface area (Å²) in [4.78, 5) is 29.1. The number of halogens is 2. The van der Waals surface area contributed by atoms with Gasteiger partial charge in [-0.25, -0.2) is 8.42 Å². The molecule has 226 valence electrons. The number of amides is 2. The van der Waals surface area contributed by atoms with Crippen LogP contribution in [0.1, 0.15) is 43.4 Å². The Hall–Kier alpha value is -3.07. The van der Waals surface area contributed by atoms with E-state index in [1.165, 1.54) is 9.21 Å². The monoisotopic (exact) mass is 631 g/mol. The molecule has 42 heavy (non-hydrogen) atoms. The van der Waals surface area contributed by atoms with E-state index in [2.05, 4.69) is 5.32 Å². The Kier molecular flexibility index (Phi) is 12.3. The van der Waals surface area contributed by atoms with Gasteiger partial charge in [0.1, 0.15) is 6.04 Å². The van der Waals surface area contributed by atoms with Gasteiger partial charge in [0.15, 0.2) is 0 Å². The van der Waals surface area contributed by atoms with E-state index in [0.29, 0.717) is 27.8 Å². The minimum Gasteiger partial charge on any atom is -0.354 e. The lowest BCUT2D eigenvalue weighted by atomic mass is 10.0. The van der Waals surface area contributed by atoms with Gasteiger partial charge in [0.2, 0.25) is 21.8 Å². The van der Waals surface area contributed by atoms with E-state index in [-0.39, 0.29) is 50.1 Å². The molecule has 0 fully saturated rings. The molecule has 0 aliphatic carbocycles. The van der Waals surface area contributed by atoms with Gasteiger partial charge in [-0.1, -0.05) is 85.6 Å². The molecule has 0 aromatic heterocycles. The molecular formula is C32H39Cl2N3O4S. The van der Waals surface area contributed by atoms with Crippen molar-refractivity contribution in [1.82, 2.24) is 10.2 Å². The molecule has 0 saturated heterocycles. The normalized spacial score (nSPS) is 12.2. The molecule has 0 heterocycles. The van der Waals surface area contributed by atoms with Crippen LogP contribution in [0.25, 0.3) is 0 Å². The highest BCUT2D eigenvalue weighted by atomic mass is 35.5. The smallest absolute Gasteiger partial charge is 0.243 e. The van der Waals surface area contributed by atoms with Crippen LogP contribution in [-0.4, -0.2) is 50.5 Å². The quantitative estimate of drug-likeness (QED) is 0.227. The van der Waals surface area contributed by atoms with Gasteiger partial charge in [0.25, 0.3) is 0 Å². The Bertz CT molecular complexity index is 1450. The zero-order chi connectivity index (χ0) is 30.9. The molecule has 10 heteroatoms. The maximum Gasteiger partial charge on any atom is 0.243 e. The number of sulfonamides is 1. The Balaban J connectivity index is 1.92.